The average Bonchev–Trinajstić information content (AvgIpc) is 2.48. The van der Waals surface area contributed by atoms with Crippen molar-refractivity contribution < 1.29 is 10.0 Å². The average molecular weight is 199 g/mol. The quantitative estimate of drug-likeness (QED) is 0.452. The molecule has 1 fully saturated rings. The number of rotatable bonds is 0. The standard InChI is InChI=1S/C9H17N3O2/c1-9(2,3)10-8(13)12-5-4-7(6-12)11-14/h14H,4-6H2,1-3H3,(H,10,13)/b11-7-. The Bertz CT molecular complexity index is 255. The molecule has 0 aromatic rings. The van der Waals surface area contributed by atoms with Crippen LogP contribution < -0.4 is 5.32 Å². The first-order chi connectivity index (χ1) is 6.42. The molecule has 0 saturated carbocycles. The summed E-state index contributed by atoms with van der Waals surface area (Å²) in [7, 11) is 0. The van der Waals surface area contributed by atoms with Crippen LogP contribution in [0.2, 0.25) is 0 Å². The third-order valence-corrected chi connectivity index (χ3v) is 1.95. The van der Waals surface area contributed by atoms with E-state index < -0.39 is 0 Å². The summed E-state index contributed by atoms with van der Waals surface area (Å²) in [4.78, 5) is 13.2. The number of nitrogens with one attached hydrogen (secondary N) is 1. The van der Waals surface area contributed by atoms with E-state index in [0.29, 0.717) is 25.2 Å². The molecule has 14 heavy (non-hydrogen) atoms. The molecule has 80 valence electrons. The highest BCUT2D eigenvalue weighted by Gasteiger charge is 2.25. The Morgan fingerprint density at radius 2 is 2.21 bits per heavy atom. The van der Waals surface area contributed by atoms with Crippen LogP contribution in [0.15, 0.2) is 5.16 Å². The number of oxime groups is 1. The lowest BCUT2D eigenvalue weighted by Gasteiger charge is -2.24. The molecule has 0 aromatic heterocycles. The van der Waals surface area contributed by atoms with Gasteiger partial charge in [0.1, 0.15) is 0 Å². The van der Waals surface area contributed by atoms with E-state index in [4.69, 9.17) is 5.21 Å². The summed E-state index contributed by atoms with van der Waals surface area (Å²) in [5.41, 5.74) is 0.435. The summed E-state index contributed by atoms with van der Waals surface area (Å²) >= 11 is 0. The van der Waals surface area contributed by atoms with Gasteiger partial charge in [0.05, 0.1) is 12.3 Å². The SMILES string of the molecule is CC(C)(C)NC(=O)N1CC/C(=N/O)C1. The van der Waals surface area contributed by atoms with E-state index in [1.807, 2.05) is 20.8 Å². The molecule has 2 amide bonds. The van der Waals surface area contributed by atoms with Crippen molar-refractivity contribution in [2.45, 2.75) is 32.7 Å². The maximum atomic E-state index is 11.6. The van der Waals surface area contributed by atoms with Gasteiger partial charge in [-0.3, -0.25) is 0 Å². The summed E-state index contributed by atoms with van der Waals surface area (Å²) in [6.45, 7) is 6.85. The Hall–Kier alpha value is -1.26. The Kier molecular flexibility index (Phi) is 2.98. The molecule has 0 aromatic carbocycles. The van der Waals surface area contributed by atoms with Gasteiger partial charge in [0.25, 0.3) is 0 Å². The van der Waals surface area contributed by atoms with Crippen LogP contribution in [0.3, 0.4) is 0 Å². The second-order valence-corrected chi connectivity index (χ2v) is 4.52. The van der Waals surface area contributed by atoms with Crippen LogP contribution in [0, 0.1) is 0 Å². The van der Waals surface area contributed by atoms with Gasteiger partial charge in [-0.1, -0.05) is 5.16 Å². The number of urea groups is 1. The third-order valence-electron chi connectivity index (χ3n) is 1.95. The van der Waals surface area contributed by atoms with Crippen molar-refractivity contribution in [1.82, 2.24) is 10.2 Å². The molecule has 0 radical (unpaired) electrons. The number of likely N-dealkylation sites (tertiary alicyclic amines) is 1. The molecular weight excluding hydrogens is 182 g/mol. The maximum absolute atomic E-state index is 11.6. The van der Waals surface area contributed by atoms with Crippen LogP contribution in [0.25, 0.3) is 0 Å². The van der Waals surface area contributed by atoms with E-state index in [0.717, 1.165) is 0 Å². The van der Waals surface area contributed by atoms with Gasteiger partial charge < -0.3 is 15.4 Å². The number of hydrogen-bond donors (Lipinski definition) is 2. The fourth-order valence-electron chi connectivity index (χ4n) is 1.30. The molecule has 5 heteroatoms. The first-order valence-corrected chi connectivity index (χ1v) is 4.69. The monoisotopic (exact) mass is 199 g/mol. The van der Waals surface area contributed by atoms with Gasteiger partial charge >= 0.3 is 6.03 Å². The number of hydrogen-bond acceptors (Lipinski definition) is 3. The van der Waals surface area contributed by atoms with Crippen LogP contribution >= 0.6 is 0 Å². The molecule has 0 unspecified atom stereocenters. The van der Waals surface area contributed by atoms with Crippen LogP contribution in [0.5, 0.6) is 0 Å². The van der Waals surface area contributed by atoms with E-state index >= 15 is 0 Å². The van der Waals surface area contributed by atoms with Crippen molar-refractivity contribution >= 4 is 11.7 Å². The second-order valence-electron chi connectivity index (χ2n) is 4.52. The van der Waals surface area contributed by atoms with Gasteiger partial charge in [-0.05, 0) is 20.8 Å². The fourth-order valence-corrected chi connectivity index (χ4v) is 1.30. The maximum Gasteiger partial charge on any atom is 0.318 e. The number of amides is 2. The van der Waals surface area contributed by atoms with Crippen molar-refractivity contribution in [3.05, 3.63) is 0 Å². The fraction of sp³-hybridized carbons (Fsp3) is 0.778. The predicted octanol–water partition coefficient (Wildman–Crippen LogP) is 1.03. The molecule has 1 aliphatic rings. The summed E-state index contributed by atoms with van der Waals surface area (Å²) in [6, 6.07) is -0.101. The normalized spacial score (nSPS) is 20.2. The molecule has 0 aliphatic carbocycles. The third kappa shape index (κ3) is 2.90. The molecule has 0 bridgehead atoms. The van der Waals surface area contributed by atoms with Gasteiger partial charge in [0, 0.05) is 18.5 Å². The van der Waals surface area contributed by atoms with Gasteiger partial charge in [0.2, 0.25) is 0 Å². The van der Waals surface area contributed by atoms with E-state index in [1.165, 1.54) is 0 Å². The van der Waals surface area contributed by atoms with E-state index in [-0.39, 0.29) is 11.6 Å². The predicted molar refractivity (Wildman–Crippen MR) is 53.7 cm³/mol. The van der Waals surface area contributed by atoms with E-state index in [1.54, 1.807) is 4.90 Å². The van der Waals surface area contributed by atoms with Crippen molar-refractivity contribution in [2.24, 2.45) is 5.16 Å². The summed E-state index contributed by atoms with van der Waals surface area (Å²) in [6.07, 6.45) is 0.661. The molecule has 0 atom stereocenters. The smallest absolute Gasteiger partial charge is 0.318 e. The van der Waals surface area contributed by atoms with E-state index in [2.05, 4.69) is 10.5 Å². The Morgan fingerprint density at radius 1 is 1.57 bits per heavy atom. The number of nitrogens with zero attached hydrogens (tertiary/aromatic N) is 2. The van der Waals surface area contributed by atoms with Crippen molar-refractivity contribution in [3.63, 3.8) is 0 Å². The highest BCUT2D eigenvalue weighted by molar-refractivity contribution is 5.92. The van der Waals surface area contributed by atoms with Crippen LogP contribution in [-0.4, -0.2) is 40.5 Å². The van der Waals surface area contributed by atoms with Gasteiger partial charge in [-0.25, -0.2) is 4.79 Å². The van der Waals surface area contributed by atoms with Gasteiger partial charge in [0.15, 0.2) is 0 Å². The molecule has 0 spiro atoms. The largest absolute Gasteiger partial charge is 0.411 e. The zero-order valence-electron chi connectivity index (χ0n) is 8.87. The summed E-state index contributed by atoms with van der Waals surface area (Å²) < 4.78 is 0. The molecule has 1 heterocycles. The minimum absolute atomic E-state index is 0.101. The van der Waals surface area contributed by atoms with Crippen molar-refractivity contribution in [1.29, 1.82) is 0 Å². The topological polar surface area (TPSA) is 64.9 Å². The molecular formula is C9H17N3O2. The van der Waals surface area contributed by atoms with Crippen LogP contribution in [0.4, 0.5) is 4.79 Å². The first kappa shape index (κ1) is 10.8. The number of carbonyl (C=O) groups excluding carboxylic acids is 1. The Morgan fingerprint density at radius 3 is 2.64 bits per heavy atom. The molecule has 1 aliphatic heterocycles. The lowest BCUT2D eigenvalue weighted by Crippen LogP contribution is -2.47. The first-order valence-electron chi connectivity index (χ1n) is 4.69. The summed E-state index contributed by atoms with van der Waals surface area (Å²) in [5.74, 6) is 0. The second kappa shape index (κ2) is 3.86. The zero-order chi connectivity index (χ0) is 10.8. The molecule has 2 N–H and O–H groups in total. The van der Waals surface area contributed by atoms with Crippen LogP contribution in [0.1, 0.15) is 27.2 Å². The Labute approximate surface area is 83.8 Å². The minimum Gasteiger partial charge on any atom is -0.411 e. The Balaban J connectivity index is 2.48. The minimum atomic E-state index is -0.226. The lowest BCUT2D eigenvalue weighted by molar-refractivity contribution is 0.200. The number of carbonyl (C=O) groups is 1. The lowest BCUT2D eigenvalue weighted by atomic mass is 10.1. The molecule has 1 saturated heterocycles. The van der Waals surface area contributed by atoms with Gasteiger partial charge in [-0.15, -0.1) is 0 Å². The highest BCUT2D eigenvalue weighted by Crippen LogP contribution is 2.08. The zero-order valence-corrected chi connectivity index (χ0v) is 8.87. The highest BCUT2D eigenvalue weighted by atomic mass is 16.4. The molecule has 5 nitrogen and oxygen atoms in total. The van der Waals surface area contributed by atoms with Crippen molar-refractivity contribution in [2.75, 3.05) is 13.1 Å². The summed E-state index contributed by atoms with van der Waals surface area (Å²) in [5, 5.41) is 14.5. The van der Waals surface area contributed by atoms with Crippen molar-refractivity contribution in [3.8, 4) is 0 Å². The van der Waals surface area contributed by atoms with E-state index in [9.17, 15) is 4.79 Å². The van der Waals surface area contributed by atoms with Gasteiger partial charge in [-0.2, -0.15) is 0 Å². The van der Waals surface area contributed by atoms with Crippen LogP contribution in [-0.2, 0) is 0 Å². The molecule has 1 rings (SSSR count).